The van der Waals surface area contributed by atoms with Crippen LogP contribution in [-0.2, 0) is 0 Å². The third kappa shape index (κ3) is 2.14. The Labute approximate surface area is 86.9 Å². The van der Waals surface area contributed by atoms with E-state index in [0.29, 0.717) is 0 Å². The normalized spacial score (nSPS) is 10.5. The molecule has 0 spiro atoms. The molecule has 0 radical (unpaired) electrons. The van der Waals surface area contributed by atoms with Crippen molar-refractivity contribution in [2.75, 3.05) is 7.11 Å². The number of methoxy groups -OCH3 is 1. The van der Waals surface area contributed by atoms with Crippen molar-refractivity contribution in [3.05, 3.63) is 29.3 Å². The molecule has 0 aliphatic carbocycles. The van der Waals surface area contributed by atoms with Crippen LogP contribution in [-0.4, -0.2) is 12.9 Å². The molecule has 0 atom stereocenters. The lowest BCUT2D eigenvalue weighted by atomic mass is 10.0. The summed E-state index contributed by atoms with van der Waals surface area (Å²) in [5.41, 5.74) is -0.136. The highest BCUT2D eigenvalue weighted by Gasteiger charge is 2.20. The molecule has 0 bridgehead atoms. The molecule has 0 unspecified atom stereocenters. The van der Waals surface area contributed by atoms with Gasteiger partial charge < -0.3 is 4.74 Å². The van der Waals surface area contributed by atoms with Crippen LogP contribution in [0.4, 0.5) is 8.78 Å². The number of rotatable bonds is 3. The highest BCUT2D eigenvalue weighted by molar-refractivity contribution is 5.98. The number of halogens is 2. The molecule has 0 heterocycles. The first kappa shape index (κ1) is 11.6. The maximum Gasteiger partial charge on any atom is 0.191 e. The van der Waals surface area contributed by atoms with Gasteiger partial charge in [0.15, 0.2) is 23.2 Å². The molecule has 0 fully saturated rings. The molecule has 0 aliphatic heterocycles. The SMILES string of the molecule is COc1c(F)ccc(C(=O)C(C)C)c1F. The number of Topliss-reactive ketones (excluding diaryl/α,β-unsaturated/α-hetero) is 1. The maximum absolute atomic E-state index is 13.6. The molecule has 0 aromatic heterocycles. The van der Waals surface area contributed by atoms with Gasteiger partial charge in [-0.3, -0.25) is 4.79 Å². The molecule has 1 aromatic rings. The quantitative estimate of drug-likeness (QED) is 0.723. The highest BCUT2D eigenvalue weighted by atomic mass is 19.1. The van der Waals surface area contributed by atoms with E-state index in [1.54, 1.807) is 13.8 Å². The molecule has 0 N–H and O–H groups in total. The Bertz CT molecular complexity index is 386. The average molecular weight is 214 g/mol. The first-order valence-electron chi connectivity index (χ1n) is 4.55. The van der Waals surface area contributed by atoms with E-state index in [-0.39, 0.29) is 17.3 Å². The molecule has 0 amide bonds. The standard InChI is InChI=1S/C11H12F2O2/c1-6(2)10(14)7-4-5-8(12)11(15-3)9(7)13/h4-6H,1-3H3. The van der Waals surface area contributed by atoms with Gasteiger partial charge in [0.2, 0.25) is 0 Å². The Morgan fingerprint density at radius 3 is 2.40 bits per heavy atom. The van der Waals surface area contributed by atoms with Gasteiger partial charge in [-0.25, -0.2) is 8.78 Å². The van der Waals surface area contributed by atoms with Crippen molar-refractivity contribution < 1.29 is 18.3 Å². The van der Waals surface area contributed by atoms with E-state index in [2.05, 4.69) is 4.74 Å². The number of benzene rings is 1. The van der Waals surface area contributed by atoms with Crippen molar-refractivity contribution in [1.29, 1.82) is 0 Å². The van der Waals surface area contributed by atoms with Gasteiger partial charge in [0, 0.05) is 5.92 Å². The number of ketones is 1. The van der Waals surface area contributed by atoms with Gasteiger partial charge in [0.05, 0.1) is 12.7 Å². The van der Waals surface area contributed by atoms with E-state index in [0.717, 1.165) is 19.2 Å². The molecule has 2 nitrogen and oxygen atoms in total. The Balaban J connectivity index is 3.28. The van der Waals surface area contributed by atoms with Crippen molar-refractivity contribution >= 4 is 5.78 Å². The van der Waals surface area contributed by atoms with Gasteiger partial charge >= 0.3 is 0 Å². The summed E-state index contributed by atoms with van der Waals surface area (Å²) < 4.78 is 31.1. The highest BCUT2D eigenvalue weighted by Crippen LogP contribution is 2.25. The Hall–Kier alpha value is -1.45. The third-order valence-electron chi connectivity index (χ3n) is 2.04. The molecule has 15 heavy (non-hydrogen) atoms. The van der Waals surface area contributed by atoms with Gasteiger partial charge in [-0.1, -0.05) is 13.8 Å². The predicted octanol–water partition coefficient (Wildman–Crippen LogP) is 2.81. The summed E-state index contributed by atoms with van der Waals surface area (Å²) in [5.74, 6) is -2.96. The second-order valence-electron chi connectivity index (χ2n) is 3.46. The summed E-state index contributed by atoms with van der Waals surface area (Å²) in [6.07, 6.45) is 0. The first-order valence-corrected chi connectivity index (χ1v) is 4.55. The zero-order valence-corrected chi connectivity index (χ0v) is 8.80. The summed E-state index contributed by atoms with van der Waals surface area (Å²) in [6, 6.07) is 2.16. The predicted molar refractivity (Wildman–Crippen MR) is 52.1 cm³/mol. The second kappa shape index (κ2) is 4.38. The van der Waals surface area contributed by atoms with Crippen molar-refractivity contribution in [3.63, 3.8) is 0 Å². The summed E-state index contributed by atoms with van der Waals surface area (Å²) in [7, 11) is 1.16. The largest absolute Gasteiger partial charge is 0.491 e. The summed E-state index contributed by atoms with van der Waals surface area (Å²) >= 11 is 0. The van der Waals surface area contributed by atoms with Crippen molar-refractivity contribution in [2.45, 2.75) is 13.8 Å². The molecular weight excluding hydrogens is 202 g/mol. The number of carbonyl (C=O) groups is 1. The van der Waals surface area contributed by atoms with Crippen LogP contribution in [0.1, 0.15) is 24.2 Å². The van der Waals surface area contributed by atoms with Crippen LogP contribution in [0.5, 0.6) is 5.75 Å². The first-order chi connectivity index (χ1) is 6.99. The lowest BCUT2D eigenvalue weighted by Gasteiger charge is -2.09. The van der Waals surface area contributed by atoms with Gasteiger partial charge in [0.25, 0.3) is 0 Å². The average Bonchev–Trinajstić information content (AvgIpc) is 2.17. The van der Waals surface area contributed by atoms with Crippen LogP contribution >= 0.6 is 0 Å². The Morgan fingerprint density at radius 1 is 1.33 bits per heavy atom. The number of carbonyl (C=O) groups excluding carboxylic acids is 1. The molecule has 4 heteroatoms. The summed E-state index contributed by atoms with van der Waals surface area (Å²) in [6.45, 7) is 3.30. The minimum absolute atomic E-state index is 0.136. The fourth-order valence-electron chi connectivity index (χ4n) is 1.22. The van der Waals surface area contributed by atoms with E-state index in [9.17, 15) is 13.6 Å². The van der Waals surface area contributed by atoms with Crippen LogP contribution < -0.4 is 4.74 Å². The van der Waals surface area contributed by atoms with Gasteiger partial charge in [-0.05, 0) is 12.1 Å². The van der Waals surface area contributed by atoms with Crippen LogP contribution in [0.15, 0.2) is 12.1 Å². The third-order valence-corrected chi connectivity index (χ3v) is 2.04. The minimum atomic E-state index is -0.934. The van der Waals surface area contributed by atoms with Crippen molar-refractivity contribution in [1.82, 2.24) is 0 Å². The minimum Gasteiger partial charge on any atom is -0.491 e. The topological polar surface area (TPSA) is 26.3 Å². The van der Waals surface area contributed by atoms with E-state index in [1.165, 1.54) is 0 Å². The smallest absolute Gasteiger partial charge is 0.191 e. The van der Waals surface area contributed by atoms with Gasteiger partial charge in [0.1, 0.15) is 0 Å². The zero-order chi connectivity index (χ0) is 11.6. The van der Waals surface area contributed by atoms with E-state index in [1.807, 2.05) is 0 Å². The van der Waals surface area contributed by atoms with E-state index in [4.69, 9.17) is 0 Å². The number of hydrogen-bond donors (Lipinski definition) is 0. The lowest BCUT2D eigenvalue weighted by molar-refractivity contribution is 0.0934. The van der Waals surface area contributed by atoms with Crippen LogP contribution in [0.25, 0.3) is 0 Å². The molecule has 1 aromatic carbocycles. The van der Waals surface area contributed by atoms with E-state index < -0.39 is 17.4 Å². The Morgan fingerprint density at radius 2 is 1.93 bits per heavy atom. The second-order valence-corrected chi connectivity index (χ2v) is 3.46. The number of ether oxygens (including phenoxy) is 1. The number of hydrogen-bond acceptors (Lipinski definition) is 2. The molecule has 82 valence electrons. The fourth-order valence-corrected chi connectivity index (χ4v) is 1.22. The fraction of sp³-hybridized carbons (Fsp3) is 0.364. The van der Waals surface area contributed by atoms with Crippen LogP contribution in [0.2, 0.25) is 0 Å². The zero-order valence-electron chi connectivity index (χ0n) is 8.80. The monoisotopic (exact) mass is 214 g/mol. The van der Waals surface area contributed by atoms with Crippen molar-refractivity contribution in [3.8, 4) is 5.75 Å². The summed E-state index contributed by atoms with van der Waals surface area (Å²) in [5, 5.41) is 0. The molecule has 0 saturated carbocycles. The molecule has 0 aliphatic rings. The van der Waals surface area contributed by atoms with Crippen LogP contribution in [0, 0.1) is 17.6 Å². The molecule has 1 rings (SSSR count). The van der Waals surface area contributed by atoms with Crippen LogP contribution in [0.3, 0.4) is 0 Å². The van der Waals surface area contributed by atoms with Crippen molar-refractivity contribution in [2.24, 2.45) is 5.92 Å². The Kier molecular flexibility index (Phi) is 3.39. The summed E-state index contributed by atoms with van der Waals surface area (Å²) in [4.78, 5) is 11.5. The molecular formula is C11H12F2O2. The van der Waals surface area contributed by atoms with Gasteiger partial charge in [-0.2, -0.15) is 0 Å². The van der Waals surface area contributed by atoms with Gasteiger partial charge in [-0.15, -0.1) is 0 Å². The molecule has 0 saturated heterocycles. The lowest BCUT2D eigenvalue weighted by Crippen LogP contribution is -2.11. The van der Waals surface area contributed by atoms with E-state index >= 15 is 0 Å². The maximum atomic E-state index is 13.6.